The van der Waals surface area contributed by atoms with Crippen LogP contribution in [0.1, 0.15) is 44.3 Å². The Kier molecular flexibility index (Phi) is 3.69. The number of piperidine rings is 1. The third-order valence-electron chi connectivity index (χ3n) is 4.77. The number of rotatable bonds is 2. The standard InChI is InChI=1S/C15H21N3O3/c1-9-16-13(8-14(19)17-9)18-11-5-3-2-4-10(11)6-7-12(18)15(20)21/h8,10-12H,2-7H2,1H3,(H,20,21)(H,16,17,19). The summed E-state index contributed by atoms with van der Waals surface area (Å²) < 4.78 is 0. The zero-order chi connectivity index (χ0) is 15.0. The first-order chi connectivity index (χ1) is 10.1. The van der Waals surface area contributed by atoms with Gasteiger partial charge >= 0.3 is 5.97 Å². The summed E-state index contributed by atoms with van der Waals surface area (Å²) in [5.74, 6) is 0.745. The van der Waals surface area contributed by atoms with E-state index in [9.17, 15) is 14.7 Å². The maximum atomic E-state index is 11.7. The van der Waals surface area contributed by atoms with Crippen LogP contribution in [0.2, 0.25) is 0 Å². The van der Waals surface area contributed by atoms with Crippen LogP contribution in [0.3, 0.4) is 0 Å². The van der Waals surface area contributed by atoms with Gasteiger partial charge in [0.15, 0.2) is 0 Å². The second kappa shape index (κ2) is 5.50. The molecule has 6 heteroatoms. The summed E-state index contributed by atoms with van der Waals surface area (Å²) in [6.07, 6.45) is 6.06. The molecule has 2 fully saturated rings. The maximum absolute atomic E-state index is 11.7. The number of anilines is 1. The van der Waals surface area contributed by atoms with Gasteiger partial charge < -0.3 is 15.0 Å². The first-order valence-corrected chi connectivity index (χ1v) is 7.65. The minimum atomic E-state index is -0.821. The Morgan fingerprint density at radius 1 is 1.33 bits per heavy atom. The van der Waals surface area contributed by atoms with Crippen molar-refractivity contribution in [3.05, 3.63) is 22.2 Å². The molecule has 6 nitrogen and oxygen atoms in total. The Hall–Kier alpha value is -1.85. The Balaban J connectivity index is 2.02. The molecule has 1 aliphatic heterocycles. The third-order valence-corrected chi connectivity index (χ3v) is 4.77. The molecule has 1 saturated carbocycles. The lowest BCUT2D eigenvalue weighted by Gasteiger charge is -2.47. The molecule has 114 valence electrons. The fourth-order valence-electron chi connectivity index (χ4n) is 3.90. The first kappa shape index (κ1) is 14.1. The largest absolute Gasteiger partial charge is 0.480 e. The highest BCUT2D eigenvalue weighted by molar-refractivity contribution is 5.78. The van der Waals surface area contributed by atoms with Crippen molar-refractivity contribution in [2.45, 2.75) is 57.5 Å². The monoisotopic (exact) mass is 291 g/mol. The van der Waals surface area contributed by atoms with Gasteiger partial charge in [-0.05, 0) is 38.5 Å². The SMILES string of the molecule is Cc1nc(N2C(C(=O)O)CCC3CCCCC32)cc(=O)[nH]1. The summed E-state index contributed by atoms with van der Waals surface area (Å²) in [5.41, 5.74) is -0.223. The number of H-pyrrole nitrogens is 1. The van der Waals surface area contributed by atoms with Gasteiger partial charge in [0.1, 0.15) is 17.7 Å². The van der Waals surface area contributed by atoms with Gasteiger partial charge in [-0.15, -0.1) is 0 Å². The number of carbonyl (C=O) groups is 1. The Morgan fingerprint density at radius 2 is 2.10 bits per heavy atom. The lowest BCUT2D eigenvalue weighted by molar-refractivity contribution is -0.139. The van der Waals surface area contributed by atoms with Crippen molar-refractivity contribution < 1.29 is 9.90 Å². The summed E-state index contributed by atoms with van der Waals surface area (Å²) >= 11 is 0. The van der Waals surface area contributed by atoms with Crippen LogP contribution in [-0.2, 0) is 4.79 Å². The van der Waals surface area contributed by atoms with Gasteiger partial charge in [0.2, 0.25) is 0 Å². The van der Waals surface area contributed by atoms with Gasteiger partial charge in [0, 0.05) is 12.1 Å². The summed E-state index contributed by atoms with van der Waals surface area (Å²) in [5, 5.41) is 9.54. The molecular weight excluding hydrogens is 270 g/mol. The van der Waals surface area contributed by atoms with Crippen LogP contribution in [-0.4, -0.2) is 33.1 Å². The van der Waals surface area contributed by atoms with Gasteiger partial charge in [-0.3, -0.25) is 4.79 Å². The van der Waals surface area contributed by atoms with E-state index in [2.05, 4.69) is 9.97 Å². The number of carboxylic acids is 1. The number of nitrogens with zero attached hydrogens (tertiary/aromatic N) is 2. The van der Waals surface area contributed by atoms with Crippen LogP contribution >= 0.6 is 0 Å². The summed E-state index contributed by atoms with van der Waals surface area (Å²) in [6.45, 7) is 1.73. The van der Waals surface area contributed by atoms with E-state index in [1.165, 1.54) is 12.5 Å². The molecule has 1 saturated heterocycles. The molecule has 1 aromatic heterocycles. The van der Waals surface area contributed by atoms with Crippen molar-refractivity contribution in [2.75, 3.05) is 4.90 Å². The molecule has 2 N–H and O–H groups in total. The van der Waals surface area contributed by atoms with Gasteiger partial charge in [-0.25, -0.2) is 9.78 Å². The van der Waals surface area contributed by atoms with Crippen LogP contribution < -0.4 is 10.5 Å². The Bertz CT molecular complexity index is 598. The van der Waals surface area contributed by atoms with E-state index in [1.54, 1.807) is 6.92 Å². The molecule has 2 aliphatic rings. The van der Waals surface area contributed by atoms with Crippen LogP contribution in [0, 0.1) is 12.8 Å². The molecule has 3 unspecified atom stereocenters. The van der Waals surface area contributed by atoms with E-state index in [0.29, 0.717) is 24.0 Å². The van der Waals surface area contributed by atoms with E-state index < -0.39 is 12.0 Å². The van der Waals surface area contributed by atoms with E-state index in [-0.39, 0.29) is 11.6 Å². The van der Waals surface area contributed by atoms with Crippen LogP contribution in [0.25, 0.3) is 0 Å². The normalized spacial score (nSPS) is 29.0. The van der Waals surface area contributed by atoms with Crippen molar-refractivity contribution >= 4 is 11.8 Å². The fourth-order valence-corrected chi connectivity index (χ4v) is 3.90. The number of hydrogen-bond acceptors (Lipinski definition) is 4. The Labute approximate surface area is 123 Å². The molecule has 0 bridgehead atoms. The number of aromatic amines is 1. The van der Waals surface area contributed by atoms with E-state index in [1.807, 2.05) is 4.90 Å². The molecule has 0 radical (unpaired) electrons. The number of aryl methyl sites for hydroxylation is 1. The molecule has 3 atom stereocenters. The average Bonchev–Trinajstić information content (AvgIpc) is 2.44. The topological polar surface area (TPSA) is 86.3 Å². The Morgan fingerprint density at radius 3 is 2.81 bits per heavy atom. The molecular formula is C15H21N3O3. The van der Waals surface area contributed by atoms with Crippen molar-refractivity contribution in [3.63, 3.8) is 0 Å². The van der Waals surface area contributed by atoms with Gasteiger partial charge in [0.05, 0.1) is 0 Å². The smallest absolute Gasteiger partial charge is 0.326 e. The molecule has 0 amide bonds. The summed E-state index contributed by atoms with van der Waals surface area (Å²) in [4.78, 5) is 32.3. The number of aromatic nitrogens is 2. The summed E-state index contributed by atoms with van der Waals surface area (Å²) in [7, 11) is 0. The van der Waals surface area contributed by atoms with E-state index in [4.69, 9.17) is 0 Å². The molecule has 0 spiro atoms. The van der Waals surface area contributed by atoms with Crippen LogP contribution in [0.4, 0.5) is 5.82 Å². The minimum Gasteiger partial charge on any atom is -0.480 e. The van der Waals surface area contributed by atoms with E-state index >= 15 is 0 Å². The highest BCUT2D eigenvalue weighted by atomic mass is 16.4. The molecule has 0 aromatic carbocycles. The minimum absolute atomic E-state index is 0.197. The zero-order valence-electron chi connectivity index (χ0n) is 12.2. The quantitative estimate of drug-likeness (QED) is 0.866. The number of fused-ring (bicyclic) bond motifs is 1. The fraction of sp³-hybridized carbons (Fsp3) is 0.667. The van der Waals surface area contributed by atoms with Gasteiger partial charge in [0.25, 0.3) is 5.56 Å². The van der Waals surface area contributed by atoms with Crippen LogP contribution in [0.15, 0.2) is 10.9 Å². The van der Waals surface area contributed by atoms with Crippen molar-refractivity contribution in [2.24, 2.45) is 5.92 Å². The molecule has 21 heavy (non-hydrogen) atoms. The molecule has 1 aliphatic carbocycles. The van der Waals surface area contributed by atoms with Crippen LogP contribution in [0.5, 0.6) is 0 Å². The van der Waals surface area contributed by atoms with Gasteiger partial charge in [-0.2, -0.15) is 0 Å². The lowest BCUT2D eigenvalue weighted by atomic mass is 9.76. The number of nitrogens with one attached hydrogen (secondary N) is 1. The predicted octanol–water partition coefficient (Wildman–Crippen LogP) is 1.69. The van der Waals surface area contributed by atoms with E-state index in [0.717, 1.165) is 25.7 Å². The average molecular weight is 291 g/mol. The third kappa shape index (κ3) is 2.66. The number of aliphatic carboxylic acids is 1. The highest BCUT2D eigenvalue weighted by Gasteiger charge is 2.42. The summed E-state index contributed by atoms with van der Waals surface area (Å²) in [6, 6.07) is 1.06. The highest BCUT2D eigenvalue weighted by Crippen LogP contribution is 2.39. The second-order valence-corrected chi connectivity index (χ2v) is 6.14. The maximum Gasteiger partial charge on any atom is 0.326 e. The zero-order valence-corrected chi connectivity index (χ0v) is 12.2. The van der Waals surface area contributed by atoms with Crippen molar-refractivity contribution in [1.82, 2.24) is 9.97 Å². The number of carboxylic acid groups (broad SMARTS) is 1. The van der Waals surface area contributed by atoms with Gasteiger partial charge in [-0.1, -0.05) is 12.8 Å². The molecule has 2 heterocycles. The second-order valence-electron chi connectivity index (χ2n) is 6.14. The van der Waals surface area contributed by atoms with Crippen molar-refractivity contribution in [1.29, 1.82) is 0 Å². The first-order valence-electron chi connectivity index (χ1n) is 7.65. The predicted molar refractivity (Wildman–Crippen MR) is 78.5 cm³/mol. The molecule has 3 rings (SSSR count). The lowest BCUT2D eigenvalue weighted by Crippen LogP contribution is -2.56. The van der Waals surface area contributed by atoms with Crippen molar-refractivity contribution in [3.8, 4) is 0 Å². The number of hydrogen-bond donors (Lipinski definition) is 2. The molecule has 1 aromatic rings.